The van der Waals surface area contributed by atoms with E-state index < -0.39 is 50.7 Å². The van der Waals surface area contributed by atoms with E-state index in [4.69, 9.17) is 9.52 Å². The molecule has 1 aliphatic rings. The van der Waals surface area contributed by atoms with Gasteiger partial charge in [-0.05, 0) is 37.0 Å². The molecule has 2 amide bonds. The minimum absolute atomic E-state index is 0.173. The highest BCUT2D eigenvalue weighted by atomic mass is 32.2. The van der Waals surface area contributed by atoms with E-state index in [1.54, 1.807) is 54.6 Å². The summed E-state index contributed by atoms with van der Waals surface area (Å²) in [5, 5.41) is 11.8. The van der Waals surface area contributed by atoms with Crippen LogP contribution in [-0.2, 0) is 20.4 Å². The van der Waals surface area contributed by atoms with E-state index in [2.05, 4.69) is 10.3 Å². The molecule has 0 radical (unpaired) electrons. The molecule has 3 N–H and O–H groups in total. The van der Waals surface area contributed by atoms with Gasteiger partial charge in [0, 0.05) is 6.54 Å². The van der Waals surface area contributed by atoms with Gasteiger partial charge < -0.3 is 20.2 Å². The summed E-state index contributed by atoms with van der Waals surface area (Å²) in [5.74, 6) is -2.13. The zero-order valence-corrected chi connectivity index (χ0v) is 18.9. The van der Waals surface area contributed by atoms with E-state index in [-0.39, 0.29) is 18.7 Å². The molecule has 1 aromatic heterocycles. The minimum Gasteiger partial charge on any atom is -0.465 e. The first-order chi connectivity index (χ1) is 16.2. The molecule has 1 atom stereocenters. The molecule has 4 rings (SSSR count). The largest absolute Gasteiger partial charge is 0.465 e. The number of carbonyl (C=O) groups excluding carboxylic acids is 2. The summed E-state index contributed by atoms with van der Waals surface area (Å²) >= 11 is 0. The van der Waals surface area contributed by atoms with E-state index in [1.165, 1.54) is 0 Å². The topological polar surface area (TPSA) is 156 Å². The minimum atomic E-state index is -4.13. The first-order valence-electron chi connectivity index (χ1n) is 10.6. The Kier molecular flexibility index (Phi) is 6.38. The van der Waals surface area contributed by atoms with Gasteiger partial charge in [-0.1, -0.05) is 42.5 Å². The van der Waals surface area contributed by atoms with Crippen LogP contribution in [0.4, 0.5) is 4.79 Å². The maximum Gasteiger partial charge on any atom is 0.404 e. The molecule has 178 valence electrons. The monoisotopic (exact) mass is 485 g/mol. The molecule has 1 heterocycles. The van der Waals surface area contributed by atoms with Crippen molar-refractivity contribution in [2.45, 2.75) is 35.8 Å². The normalized spacial score (nSPS) is 15.8. The van der Waals surface area contributed by atoms with Gasteiger partial charge >= 0.3 is 6.09 Å². The number of sulfone groups is 1. The lowest BCUT2D eigenvalue weighted by Crippen LogP contribution is -2.62. The maximum absolute atomic E-state index is 13.3. The summed E-state index contributed by atoms with van der Waals surface area (Å²) in [4.78, 5) is 41.7. The van der Waals surface area contributed by atoms with E-state index in [0.29, 0.717) is 23.1 Å². The third-order valence-electron chi connectivity index (χ3n) is 5.87. The van der Waals surface area contributed by atoms with Gasteiger partial charge in [-0.3, -0.25) is 9.59 Å². The van der Waals surface area contributed by atoms with Crippen LogP contribution in [0, 0.1) is 0 Å². The van der Waals surface area contributed by atoms with Crippen LogP contribution in [0.1, 0.15) is 35.5 Å². The highest BCUT2D eigenvalue weighted by molar-refractivity contribution is 7.92. The van der Waals surface area contributed by atoms with Gasteiger partial charge in [0.15, 0.2) is 20.7 Å². The number of nitrogens with zero attached hydrogens (tertiary/aromatic N) is 1. The van der Waals surface area contributed by atoms with Crippen molar-refractivity contribution in [1.82, 2.24) is 15.6 Å². The van der Waals surface area contributed by atoms with Crippen molar-refractivity contribution in [2.24, 2.45) is 0 Å². The molecule has 0 saturated heterocycles. The highest BCUT2D eigenvalue weighted by Gasteiger charge is 2.49. The summed E-state index contributed by atoms with van der Waals surface area (Å²) in [6, 6.07) is 15.1. The lowest BCUT2D eigenvalue weighted by Gasteiger charge is -2.40. The Labute approximate surface area is 195 Å². The third kappa shape index (κ3) is 4.79. The number of Topliss-reactive ketones (excluding diaryl/α,β-unsaturated/α-hetero) is 1. The van der Waals surface area contributed by atoms with Crippen LogP contribution in [0.2, 0.25) is 0 Å². The van der Waals surface area contributed by atoms with Crippen LogP contribution >= 0.6 is 0 Å². The molecule has 3 aromatic rings. The van der Waals surface area contributed by atoms with Crippen molar-refractivity contribution in [3.8, 4) is 0 Å². The van der Waals surface area contributed by atoms with Crippen LogP contribution in [0.15, 0.2) is 59.0 Å². The summed E-state index contributed by atoms with van der Waals surface area (Å²) in [7, 11) is -4.13. The number of ketones is 1. The second kappa shape index (κ2) is 9.26. The van der Waals surface area contributed by atoms with Crippen LogP contribution in [0.3, 0.4) is 0 Å². The highest BCUT2D eigenvalue weighted by Crippen LogP contribution is 2.36. The van der Waals surface area contributed by atoms with Crippen LogP contribution < -0.4 is 10.6 Å². The Balaban J connectivity index is 1.58. The Bertz CT molecular complexity index is 1300. The Hall–Kier alpha value is -3.73. The SMILES string of the molecule is O=C(O)NC[C@H](C(=O)NC1(C(=O)c2nc3ccccc3o2)CCC1)S(=O)(=O)Cc1ccccc1. The van der Waals surface area contributed by atoms with Crippen molar-refractivity contribution in [3.63, 3.8) is 0 Å². The zero-order valence-electron chi connectivity index (χ0n) is 18.1. The third-order valence-corrected chi connectivity index (χ3v) is 7.85. The number of fused-ring (bicyclic) bond motifs is 1. The molecular formula is C23H23N3O7S. The smallest absolute Gasteiger partial charge is 0.404 e. The molecule has 11 heteroatoms. The average molecular weight is 486 g/mol. The fourth-order valence-corrected chi connectivity index (χ4v) is 5.48. The molecule has 2 aromatic carbocycles. The quantitative estimate of drug-likeness (QED) is 0.390. The van der Waals surface area contributed by atoms with E-state index in [0.717, 1.165) is 0 Å². The van der Waals surface area contributed by atoms with Crippen molar-refractivity contribution in [3.05, 3.63) is 66.1 Å². The van der Waals surface area contributed by atoms with Crippen molar-refractivity contribution < 1.29 is 32.3 Å². The number of hydrogen-bond acceptors (Lipinski definition) is 7. The molecular weight excluding hydrogens is 462 g/mol. The number of aromatic nitrogens is 1. The lowest BCUT2D eigenvalue weighted by molar-refractivity contribution is -0.123. The van der Waals surface area contributed by atoms with Gasteiger partial charge in [0.1, 0.15) is 11.1 Å². The fourth-order valence-electron chi connectivity index (χ4n) is 3.90. The molecule has 0 spiro atoms. The predicted molar refractivity (Wildman–Crippen MR) is 122 cm³/mol. The van der Waals surface area contributed by atoms with Gasteiger partial charge in [-0.2, -0.15) is 0 Å². The fraction of sp³-hybridized carbons (Fsp3) is 0.304. The van der Waals surface area contributed by atoms with E-state index in [1.807, 2.05) is 5.32 Å². The van der Waals surface area contributed by atoms with E-state index >= 15 is 0 Å². The maximum atomic E-state index is 13.3. The van der Waals surface area contributed by atoms with Gasteiger partial charge in [-0.25, -0.2) is 18.2 Å². The summed E-state index contributed by atoms with van der Waals surface area (Å²) < 4.78 is 31.7. The number of oxazole rings is 1. The molecule has 34 heavy (non-hydrogen) atoms. The zero-order chi connectivity index (χ0) is 24.3. The van der Waals surface area contributed by atoms with Crippen LogP contribution in [-0.4, -0.2) is 53.6 Å². The number of amides is 2. The van der Waals surface area contributed by atoms with Crippen molar-refractivity contribution >= 4 is 38.7 Å². The summed E-state index contributed by atoms with van der Waals surface area (Å²) in [6.07, 6.45) is -0.253. The molecule has 0 bridgehead atoms. The number of rotatable bonds is 9. The molecule has 1 fully saturated rings. The first-order valence-corrected chi connectivity index (χ1v) is 12.4. The van der Waals surface area contributed by atoms with Gasteiger partial charge in [0.25, 0.3) is 5.89 Å². The predicted octanol–water partition coefficient (Wildman–Crippen LogP) is 2.30. The number of carbonyl (C=O) groups is 3. The summed E-state index contributed by atoms with van der Waals surface area (Å²) in [6.45, 7) is -0.649. The standard InChI is InChI=1S/C23H23N3O7S/c27-19(21-25-16-9-4-5-10-17(16)33-21)23(11-6-12-23)26-20(28)18(13-24-22(29)30)34(31,32)14-15-7-2-1-3-8-15/h1-5,7-10,18,24H,6,11-14H2,(H,26,28)(H,29,30)/t18-/m1/s1. The molecule has 1 saturated carbocycles. The Morgan fingerprint density at radius 1 is 1.06 bits per heavy atom. The molecule has 1 aliphatic carbocycles. The van der Waals surface area contributed by atoms with Gasteiger partial charge in [-0.15, -0.1) is 0 Å². The van der Waals surface area contributed by atoms with Gasteiger partial charge in [0.2, 0.25) is 11.7 Å². The number of para-hydroxylation sites is 2. The Morgan fingerprint density at radius 3 is 2.35 bits per heavy atom. The van der Waals surface area contributed by atoms with Crippen LogP contribution in [0.5, 0.6) is 0 Å². The number of benzene rings is 2. The number of carboxylic acid groups (broad SMARTS) is 1. The van der Waals surface area contributed by atoms with Crippen molar-refractivity contribution in [1.29, 1.82) is 0 Å². The average Bonchev–Trinajstić information content (AvgIpc) is 3.20. The van der Waals surface area contributed by atoms with Crippen molar-refractivity contribution in [2.75, 3.05) is 6.54 Å². The number of nitrogens with one attached hydrogen (secondary N) is 2. The first kappa shape index (κ1) is 23.4. The molecule has 10 nitrogen and oxygen atoms in total. The lowest BCUT2D eigenvalue weighted by atomic mass is 9.73. The van der Waals surface area contributed by atoms with Gasteiger partial charge in [0.05, 0.1) is 5.75 Å². The number of hydrogen-bond donors (Lipinski definition) is 3. The molecule has 0 unspecified atom stereocenters. The second-order valence-corrected chi connectivity index (χ2v) is 10.4. The van der Waals surface area contributed by atoms with Crippen LogP contribution in [0.25, 0.3) is 11.1 Å². The van der Waals surface area contributed by atoms with E-state index in [9.17, 15) is 22.8 Å². The summed E-state index contributed by atoms with van der Waals surface area (Å²) in [5.41, 5.74) is -0.000368. The second-order valence-electron chi connectivity index (χ2n) is 8.21. The Morgan fingerprint density at radius 2 is 1.74 bits per heavy atom. The molecule has 0 aliphatic heterocycles.